The Bertz CT molecular complexity index is 1120. The molecule has 2 fully saturated rings. The average Bonchev–Trinajstić information content (AvgIpc) is 3.06. The summed E-state index contributed by atoms with van der Waals surface area (Å²) in [6.07, 6.45) is 8.79. The number of aliphatic hydroxyl groups is 1. The molecule has 0 spiro atoms. The van der Waals surface area contributed by atoms with Crippen LogP contribution in [0, 0.1) is 45.3 Å². The number of carboxylic acid groups (broad SMARTS) is 1. The minimum Gasteiger partial charge on any atom is -0.481 e. The molecular formula is C33H48O6. The van der Waals surface area contributed by atoms with Gasteiger partial charge >= 0.3 is 11.9 Å². The fourth-order valence-electron chi connectivity index (χ4n) is 9.19. The van der Waals surface area contributed by atoms with E-state index in [1.54, 1.807) is 0 Å². The van der Waals surface area contributed by atoms with Gasteiger partial charge in [-0.15, -0.1) is 0 Å². The molecule has 0 aromatic heterocycles. The summed E-state index contributed by atoms with van der Waals surface area (Å²) in [6.45, 7) is 18.3. The van der Waals surface area contributed by atoms with Crippen molar-refractivity contribution in [1.82, 2.24) is 0 Å². The van der Waals surface area contributed by atoms with Crippen molar-refractivity contribution in [3.8, 4) is 0 Å². The van der Waals surface area contributed by atoms with Crippen LogP contribution in [0.5, 0.6) is 0 Å². The van der Waals surface area contributed by atoms with Crippen LogP contribution in [0.1, 0.15) is 93.4 Å². The fourth-order valence-corrected chi connectivity index (χ4v) is 9.19. The van der Waals surface area contributed by atoms with Gasteiger partial charge in [0, 0.05) is 18.3 Å². The number of allylic oxidation sites excluding steroid dienone is 5. The lowest BCUT2D eigenvalue weighted by atomic mass is 9.44. The van der Waals surface area contributed by atoms with Crippen molar-refractivity contribution < 1.29 is 29.3 Å². The predicted octanol–water partition coefficient (Wildman–Crippen LogP) is 6.29. The topological polar surface area (TPSA) is 101 Å². The van der Waals surface area contributed by atoms with Crippen LogP contribution in [0.15, 0.2) is 35.5 Å². The van der Waals surface area contributed by atoms with Crippen LogP contribution < -0.4 is 0 Å². The molecule has 2 saturated carbocycles. The second-order valence-corrected chi connectivity index (χ2v) is 14.1. The highest BCUT2D eigenvalue weighted by atomic mass is 16.5. The van der Waals surface area contributed by atoms with Crippen LogP contribution in [-0.4, -0.2) is 40.6 Å². The molecule has 216 valence electrons. The number of aliphatic hydroxyl groups excluding tert-OH is 1. The lowest BCUT2D eigenvalue weighted by Gasteiger charge is -2.60. The van der Waals surface area contributed by atoms with Gasteiger partial charge < -0.3 is 19.7 Å². The smallest absolute Gasteiger partial charge is 0.306 e. The Morgan fingerprint density at radius 3 is 2.41 bits per heavy atom. The molecule has 0 saturated heterocycles. The van der Waals surface area contributed by atoms with Gasteiger partial charge in [-0.2, -0.15) is 0 Å². The second kappa shape index (κ2) is 10.0. The molecule has 0 heterocycles. The number of carbonyl (C=O) groups is 3. The number of fused-ring (bicyclic) bond motifs is 5. The summed E-state index contributed by atoms with van der Waals surface area (Å²) in [7, 11) is 0. The summed E-state index contributed by atoms with van der Waals surface area (Å²) in [5, 5.41) is 21.9. The van der Waals surface area contributed by atoms with E-state index in [0.29, 0.717) is 44.4 Å². The van der Waals surface area contributed by atoms with Crippen LogP contribution in [0.2, 0.25) is 0 Å². The number of rotatable bonds is 8. The van der Waals surface area contributed by atoms with Crippen LogP contribution >= 0.6 is 0 Å². The van der Waals surface area contributed by atoms with Crippen molar-refractivity contribution in [1.29, 1.82) is 0 Å². The largest absolute Gasteiger partial charge is 0.481 e. The maximum Gasteiger partial charge on any atom is 0.306 e. The first-order chi connectivity index (χ1) is 18.1. The number of carbonyl (C=O) groups excluding carboxylic acids is 2. The fraction of sp³-hybridized carbons (Fsp3) is 0.727. The third-order valence-corrected chi connectivity index (χ3v) is 11.9. The molecule has 0 amide bonds. The average molecular weight is 541 g/mol. The Morgan fingerprint density at radius 2 is 1.85 bits per heavy atom. The van der Waals surface area contributed by atoms with Gasteiger partial charge in [0.25, 0.3) is 0 Å². The molecule has 4 aliphatic carbocycles. The minimum absolute atomic E-state index is 0.0144. The van der Waals surface area contributed by atoms with Crippen LogP contribution in [0.4, 0.5) is 0 Å². The van der Waals surface area contributed by atoms with E-state index in [1.807, 2.05) is 6.92 Å². The van der Waals surface area contributed by atoms with Gasteiger partial charge in [0.15, 0.2) is 0 Å². The maximum atomic E-state index is 12.6. The minimum atomic E-state index is -0.842. The molecule has 2 N–H and O–H groups in total. The monoisotopic (exact) mass is 540 g/mol. The van der Waals surface area contributed by atoms with Gasteiger partial charge in [-0.1, -0.05) is 58.9 Å². The molecule has 39 heavy (non-hydrogen) atoms. The third kappa shape index (κ3) is 4.36. The SMILES string of the molecule is C=C(CC[C@@H](C(=O)O)[C@H]1[C@H](O)C[C@@]2(C)C3=CC[C@H]4[C@@](C)(C=O)[C@@H](OC(C)=O)CC[C@]4(C)C3=CC[C@]12C)C(C)C. The number of hydrogen-bond donors (Lipinski definition) is 2. The van der Waals surface area contributed by atoms with E-state index in [9.17, 15) is 24.6 Å². The normalized spacial score (nSPS) is 41.9. The second-order valence-electron chi connectivity index (χ2n) is 14.1. The Kier molecular flexibility index (Phi) is 7.64. The molecule has 9 atom stereocenters. The van der Waals surface area contributed by atoms with E-state index in [4.69, 9.17) is 4.74 Å². The molecule has 4 rings (SSSR count). The highest BCUT2D eigenvalue weighted by molar-refractivity contribution is 5.71. The summed E-state index contributed by atoms with van der Waals surface area (Å²) < 4.78 is 5.66. The first-order valence-electron chi connectivity index (χ1n) is 14.7. The van der Waals surface area contributed by atoms with E-state index in [-0.39, 0.29) is 28.6 Å². The Morgan fingerprint density at radius 1 is 1.18 bits per heavy atom. The van der Waals surface area contributed by atoms with E-state index in [1.165, 1.54) is 18.1 Å². The lowest BCUT2D eigenvalue weighted by molar-refractivity contribution is -0.168. The Balaban J connectivity index is 1.72. The molecule has 0 radical (unpaired) electrons. The Labute approximate surface area is 234 Å². The Hall–Kier alpha value is -2.21. The first-order valence-corrected chi connectivity index (χ1v) is 14.7. The van der Waals surface area contributed by atoms with Gasteiger partial charge in [0.2, 0.25) is 0 Å². The van der Waals surface area contributed by atoms with Crippen molar-refractivity contribution in [2.24, 2.45) is 45.3 Å². The number of carboxylic acids is 1. The molecule has 0 bridgehead atoms. The third-order valence-electron chi connectivity index (χ3n) is 11.9. The van der Waals surface area contributed by atoms with E-state index in [2.05, 4.69) is 53.3 Å². The van der Waals surface area contributed by atoms with Crippen molar-refractivity contribution in [3.63, 3.8) is 0 Å². The zero-order valence-electron chi connectivity index (χ0n) is 24.9. The number of aliphatic carboxylic acids is 1. The van der Waals surface area contributed by atoms with Crippen LogP contribution in [0.3, 0.4) is 0 Å². The van der Waals surface area contributed by atoms with Crippen LogP contribution in [0.25, 0.3) is 0 Å². The quantitative estimate of drug-likeness (QED) is 0.213. The van der Waals surface area contributed by atoms with E-state index < -0.39 is 34.9 Å². The molecular weight excluding hydrogens is 492 g/mol. The highest BCUT2D eigenvalue weighted by Gasteiger charge is 2.67. The number of esters is 1. The summed E-state index contributed by atoms with van der Waals surface area (Å²) in [4.78, 5) is 37.0. The number of ether oxygens (including phenoxy) is 1. The van der Waals surface area contributed by atoms with E-state index >= 15 is 0 Å². The predicted molar refractivity (Wildman–Crippen MR) is 151 cm³/mol. The van der Waals surface area contributed by atoms with Gasteiger partial charge in [-0.25, -0.2) is 0 Å². The molecule has 6 heteroatoms. The van der Waals surface area contributed by atoms with Crippen molar-refractivity contribution >= 4 is 18.2 Å². The molecule has 0 unspecified atom stereocenters. The summed E-state index contributed by atoms with van der Waals surface area (Å²) in [6, 6.07) is 0. The number of hydrogen-bond acceptors (Lipinski definition) is 5. The van der Waals surface area contributed by atoms with Gasteiger partial charge in [-0.05, 0) is 85.7 Å². The zero-order valence-corrected chi connectivity index (χ0v) is 24.9. The summed E-state index contributed by atoms with van der Waals surface area (Å²) in [5.74, 6) is -1.94. The highest BCUT2D eigenvalue weighted by Crippen LogP contribution is 2.71. The first kappa shape index (κ1) is 29.8. The summed E-state index contributed by atoms with van der Waals surface area (Å²) in [5.41, 5.74) is 1.62. The van der Waals surface area contributed by atoms with Gasteiger partial charge in [0.1, 0.15) is 12.4 Å². The molecule has 0 aromatic carbocycles. The molecule has 6 nitrogen and oxygen atoms in total. The summed E-state index contributed by atoms with van der Waals surface area (Å²) >= 11 is 0. The molecule has 4 aliphatic rings. The van der Waals surface area contributed by atoms with Gasteiger partial charge in [-0.3, -0.25) is 9.59 Å². The van der Waals surface area contributed by atoms with Crippen LogP contribution in [-0.2, 0) is 19.1 Å². The van der Waals surface area contributed by atoms with Crippen molar-refractivity contribution in [3.05, 3.63) is 35.5 Å². The number of aldehydes is 1. The van der Waals surface area contributed by atoms with Crippen molar-refractivity contribution in [2.45, 2.75) is 106 Å². The zero-order chi connectivity index (χ0) is 29.1. The standard InChI is InChI=1S/C33H48O6/c1-19(2)20(3)9-10-22(29(37)38)28-25(36)17-33(8)24-11-12-26-30(5,23(24)13-16-32(28,33)7)15-14-27(39-21(4)35)31(26,6)18-34/h11,13,18-19,22,25-28,36H,3,9-10,12,14-17H2,1-2,4-8H3,(H,37,38)/t22-,25-,26-,27+,28+,30-,31-,32-,33+/m1/s1. The maximum absolute atomic E-state index is 12.6. The molecule has 0 aliphatic heterocycles. The van der Waals surface area contributed by atoms with Gasteiger partial charge in [0.05, 0.1) is 17.4 Å². The molecule has 0 aromatic rings. The van der Waals surface area contributed by atoms with E-state index in [0.717, 1.165) is 18.3 Å². The lowest BCUT2D eigenvalue weighted by Crippen LogP contribution is -2.57. The van der Waals surface area contributed by atoms with Crippen molar-refractivity contribution in [2.75, 3.05) is 0 Å².